The molecule has 36 heavy (non-hydrogen) atoms. The zero-order chi connectivity index (χ0) is 24.5. The Bertz CT molecular complexity index is 1620. The van der Waals surface area contributed by atoms with E-state index in [0.717, 1.165) is 22.3 Å². The fourth-order valence-electron chi connectivity index (χ4n) is 3.85. The van der Waals surface area contributed by atoms with Gasteiger partial charge in [-0.25, -0.2) is 9.50 Å². The van der Waals surface area contributed by atoms with Crippen LogP contribution in [-0.4, -0.2) is 26.8 Å². The summed E-state index contributed by atoms with van der Waals surface area (Å²) in [7, 11) is 1.57. The predicted molar refractivity (Wildman–Crippen MR) is 136 cm³/mol. The second kappa shape index (κ2) is 9.27. The van der Waals surface area contributed by atoms with Crippen LogP contribution in [0.15, 0.2) is 83.4 Å². The van der Waals surface area contributed by atoms with Gasteiger partial charge in [0.15, 0.2) is 5.76 Å². The highest BCUT2D eigenvalue weighted by atomic mass is 32.1. The van der Waals surface area contributed by atoms with Gasteiger partial charge in [-0.2, -0.15) is 0 Å². The summed E-state index contributed by atoms with van der Waals surface area (Å²) in [5.41, 5.74) is 3.17. The minimum atomic E-state index is 0.0515. The summed E-state index contributed by atoms with van der Waals surface area (Å²) in [5, 5.41) is 15.8. The van der Waals surface area contributed by atoms with Gasteiger partial charge in [-0.3, -0.25) is 0 Å². The fraction of sp³-hybridized carbons (Fsp3) is 0.111. The van der Waals surface area contributed by atoms with E-state index in [1.54, 1.807) is 30.0 Å². The summed E-state index contributed by atoms with van der Waals surface area (Å²) < 4.78 is 24.8. The lowest BCUT2D eigenvalue weighted by molar-refractivity contribution is 0.297. The first-order valence-corrected chi connectivity index (χ1v) is 12.0. The fourth-order valence-corrected chi connectivity index (χ4v) is 4.55. The lowest BCUT2D eigenvalue weighted by atomic mass is 10.2. The molecule has 9 heteroatoms. The highest BCUT2D eigenvalue weighted by Gasteiger charge is 2.17. The Balaban J connectivity index is 1.21. The van der Waals surface area contributed by atoms with Crippen molar-refractivity contribution in [3.63, 3.8) is 0 Å². The topological polar surface area (TPSA) is 91.3 Å². The zero-order valence-corrected chi connectivity index (χ0v) is 20.1. The minimum Gasteiger partial charge on any atom is -0.508 e. The molecule has 0 fully saturated rings. The quantitative estimate of drug-likeness (QED) is 0.271. The first-order valence-electron chi connectivity index (χ1n) is 11.2. The third-order valence-corrected chi connectivity index (χ3v) is 6.46. The van der Waals surface area contributed by atoms with Gasteiger partial charge >= 0.3 is 0 Å². The van der Waals surface area contributed by atoms with Crippen LogP contribution in [0, 0.1) is 0 Å². The molecule has 3 aromatic carbocycles. The lowest BCUT2D eigenvalue weighted by Gasteiger charge is -2.10. The molecule has 0 atom stereocenters. The maximum atomic E-state index is 10.2. The number of hydrogen-bond donors (Lipinski definition) is 1. The molecular weight excluding hydrogens is 478 g/mol. The Kier molecular flexibility index (Phi) is 5.67. The average Bonchev–Trinajstić information content (AvgIpc) is 3.60. The maximum absolute atomic E-state index is 10.2. The highest BCUT2D eigenvalue weighted by Crippen LogP contribution is 2.37. The van der Waals surface area contributed by atoms with Gasteiger partial charge in [-0.05, 0) is 40.7 Å². The molecule has 0 amide bonds. The monoisotopic (exact) mass is 499 g/mol. The summed E-state index contributed by atoms with van der Waals surface area (Å²) in [4.78, 5) is 5.26. The van der Waals surface area contributed by atoms with E-state index in [1.807, 2.05) is 60.7 Å². The molecular formula is C27H21N3O5S. The lowest BCUT2D eigenvalue weighted by Crippen LogP contribution is -1.98. The maximum Gasteiger partial charge on any atom is 0.294 e. The van der Waals surface area contributed by atoms with Crippen LogP contribution < -0.4 is 14.2 Å². The SMILES string of the molecule is COc1nn2cc(-c3cc4c(OCc5cccc(OCc6ccccc6)c5)cc(O)cc4o3)nc2s1. The number of hydrogen-bond acceptors (Lipinski definition) is 8. The van der Waals surface area contributed by atoms with Crippen molar-refractivity contribution in [3.8, 4) is 33.9 Å². The van der Waals surface area contributed by atoms with Gasteiger partial charge < -0.3 is 23.7 Å². The molecule has 180 valence electrons. The third-order valence-electron chi connectivity index (χ3n) is 5.58. The van der Waals surface area contributed by atoms with Crippen molar-refractivity contribution < 1.29 is 23.7 Å². The van der Waals surface area contributed by atoms with Gasteiger partial charge in [0, 0.05) is 12.1 Å². The molecule has 0 aliphatic rings. The van der Waals surface area contributed by atoms with Crippen LogP contribution in [-0.2, 0) is 13.2 Å². The number of phenols is 1. The van der Waals surface area contributed by atoms with Crippen LogP contribution in [0.2, 0.25) is 0 Å². The van der Waals surface area contributed by atoms with Gasteiger partial charge in [0.25, 0.3) is 5.19 Å². The van der Waals surface area contributed by atoms with E-state index in [4.69, 9.17) is 18.6 Å². The molecule has 0 unspecified atom stereocenters. The van der Waals surface area contributed by atoms with Gasteiger partial charge in [0.1, 0.15) is 41.7 Å². The van der Waals surface area contributed by atoms with Crippen LogP contribution in [0.5, 0.6) is 22.4 Å². The number of imidazole rings is 1. The molecule has 6 aromatic rings. The standard InChI is InChI=1S/C27H21N3O5S/c1-32-27-29-30-14-22(28-26(30)36-27)25-13-21-23(11-19(31)12-24(21)35-25)34-16-18-8-5-9-20(10-18)33-15-17-6-3-2-4-7-17/h2-14,31H,15-16H2,1H3. The summed E-state index contributed by atoms with van der Waals surface area (Å²) in [5.74, 6) is 1.87. The Labute approximate surface area is 209 Å². The van der Waals surface area contributed by atoms with Crippen LogP contribution in [0.25, 0.3) is 27.4 Å². The first kappa shape index (κ1) is 22.0. The second-order valence-electron chi connectivity index (χ2n) is 8.10. The van der Waals surface area contributed by atoms with E-state index in [9.17, 15) is 5.11 Å². The molecule has 0 saturated heterocycles. The van der Waals surface area contributed by atoms with E-state index in [1.165, 1.54) is 11.3 Å². The largest absolute Gasteiger partial charge is 0.508 e. The molecule has 8 nitrogen and oxygen atoms in total. The number of aromatic nitrogens is 3. The van der Waals surface area contributed by atoms with Crippen LogP contribution in [0.1, 0.15) is 11.1 Å². The number of benzene rings is 3. The summed E-state index contributed by atoms with van der Waals surface area (Å²) in [6, 6.07) is 22.8. The van der Waals surface area contributed by atoms with Crippen LogP contribution in [0.4, 0.5) is 0 Å². The Morgan fingerprint density at radius 3 is 2.61 bits per heavy atom. The summed E-state index contributed by atoms with van der Waals surface area (Å²) in [6.07, 6.45) is 1.77. The number of fused-ring (bicyclic) bond motifs is 2. The molecule has 0 aliphatic carbocycles. The van der Waals surface area contributed by atoms with Gasteiger partial charge in [0.05, 0.1) is 18.7 Å². The number of ether oxygens (including phenoxy) is 3. The normalized spacial score (nSPS) is 11.2. The van der Waals surface area contributed by atoms with E-state index in [2.05, 4.69) is 10.1 Å². The number of rotatable bonds is 8. The van der Waals surface area contributed by atoms with Gasteiger partial charge in [-0.1, -0.05) is 42.5 Å². The molecule has 3 aromatic heterocycles. The number of methoxy groups -OCH3 is 1. The average molecular weight is 500 g/mol. The second-order valence-corrected chi connectivity index (χ2v) is 9.02. The first-order chi connectivity index (χ1) is 17.6. The molecule has 0 saturated carbocycles. The van der Waals surface area contributed by atoms with Crippen molar-refractivity contribution in [3.05, 3.63) is 90.1 Å². The Morgan fingerprint density at radius 1 is 0.944 bits per heavy atom. The molecule has 1 N–H and O–H groups in total. The minimum absolute atomic E-state index is 0.0515. The summed E-state index contributed by atoms with van der Waals surface area (Å²) in [6.45, 7) is 0.787. The highest BCUT2D eigenvalue weighted by molar-refractivity contribution is 7.18. The molecule has 6 rings (SSSR count). The Morgan fingerprint density at radius 2 is 1.78 bits per heavy atom. The van der Waals surface area contributed by atoms with Crippen molar-refractivity contribution >= 4 is 27.3 Å². The van der Waals surface area contributed by atoms with E-state index in [-0.39, 0.29) is 5.75 Å². The smallest absolute Gasteiger partial charge is 0.294 e. The molecule has 0 radical (unpaired) electrons. The third kappa shape index (κ3) is 4.44. The van der Waals surface area contributed by atoms with Gasteiger partial charge in [0.2, 0.25) is 4.96 Å². The number of aromatic hydroxyl groups is 1. The van der Waals surface area contributed by atoms with Crippen LogP contribution >= 0.6 is 11.3 Å². The van der Waals surface area contributed by atoms with Crippen molar-refractivity contribution in [2.45, 2.75) is 13.2 Å². The van der Waals surface area contributed by atoms with Crippen molar-refractivity contribution in [1.29, 1.82) is 0 Å². The van der Waals surface area contributed by atoms with Gasteiger partial charge in [-0.15, -0.1) is 5.10 Å². The molecule has 0 spiro atoms. The molecule has 0 aliphatic heterocycles. The molecule has 3 heterocycles. The number of nitrogens with zero attached hydrogens (tertiary/aromatic N) is 3. The van der Waals surface area contributed by atoms with Crippen LogP contribution in [0.3, 0.4) is 0 Å². The van der Waals surface area contributed by atoms with Crippen molar-refractivity contribution in [1.82, 2.24) is 14.6 Å². The van der Waals surface area contributed by atoms with Crippen molar-refractivity contribution in [2.24, 2.45) is 0 Å². The molecule has 0 bridgehead atoms. The Hall–Kier alpha value is -4.50. The summed E-state index contributed by atoms with van der Waals surface area (Å²) >= 11 is 1.34. The van der Waals surface area contributed by atoms with Crippen molar-refractivity contribution in [2.75, 3.05) is 7.11 Å². The number of phenolic OH excluding ortho intramolecular Hbond substituents is 1. The number of furan rings is 1. The zero-order valence-electron chi connectivity index (χ0n) is 19.2. The van der Waals surface area contributed by atoms with E-state index < -0.39 is 0 Å². The van der Waals surface area contributed by atoms with E-state index >= 15 is 0 Å². The van der Waals surface area contributed by atoms with E-state index in [0.29, 0.717) is 46.2 Å². The predicted octanol–water partition coefficient (Wildman–Crippen LogP) is 6.08.